The van der Waals surface area contributed by atoms with E-state index in [9.17, 15) is 5.11 Å². The fourth-order valence-electron chi connectivity index (χ4n) is 2.23. The van der Waals surface area contributed by atoms with E-state index >= 15 is 0 Å². The summed E-state index contributed by atoms with van der Waals surface area (Å²) >= 11 is 0. The van der Waals surface area contributed by atoms with Crippen LogP contribution in [0, 0.1) is 0 Å². The number of aromatic hydroxyl groups is 1. The summed E-state index contributed by atoms with van der Waals surface area (Å²) in [5.41, 5.74) is 1.98. The van der Waals surface area contributed by atoms with Gasteiger partial charge in [0, 0.05) is 6.07 Å². The first-order chi connectivity index (χ1) is 12.3. The zero-order valence-electron chi connectivity index (χ0n) is 13.8. The van der Waals surface area contributed by atoms with Crippen LogP contribution in [-0.2, 0) is 6.61 Å². The quantitative estimate of drug-likeness (QED) is 0.614. The standard InChI is InChI=1S/C20H18N2O3/c1-24-20-10-6-5-9-17(20)21-22-18-13-16(11-12-19(18)23)25-14-15-7-3-2-4-8-15/h2-13,23H,14H2,1H3. The molecule has 1 N–H and O–H groups in total. The van der Waals surface area contributed by atoms with Crippen molar-refractivity contribution in [3.8, 4) is 17.2 Å². The summed E-state index contributed by atoms with van der Waals surface area (Å²) in [6.45, 7) is 0.439. The lowest BCUT2D eigenvalue weighted by Gasteiger charge is -2.07. The molecule has 25 heavy (non-hydrogen) atoms. The fraction of sp³-hybridized carbons (Fsp3) is 0.100. The summed E-state index contributed by atoms with van der Waals surface area (Å²) in [7, 11) is 1.57. The number of para-hydroxylation sites is 1. The number of phenolic OH excluding ortho intramolecular Hbond substituents is 1. The molecular formula is C20H18N2O3. The number of rotatable bonds is 6. The minimum absolute atomic E-state index is 0.0331. The van der Waals surface area contributed by atoms with Crippen molar-refractivity contribution in [2.45, 2.75) is 6.61 Å². The Morgan fingerprint density at radius 1 is 0.840 bits per heavy atom. The predicted octanol–water partition coefficient (Wildman–Crippen LogP) is 5.40. The number of benzene rings is 3. The minimum Gasteiger partial charge on any atom is -0.506 e. The SMILES string of the molecule is COc1ccccc1N=Nc1cc(OCc2ccccc2)ccc1O. The van der Waals surface area contributed by atoms with Crippen LogP contribution in [0.2, 0.25) is 0 Å². The van der Waals surface area contributed by atoms with Gasteiger partial charge in [-0.05, 0) is 29.8 Å². The van der Waals surface area contributed by atoms with Crippen molar-refractivity contribution in [3.05, 3.63) is 78.4 Å². The van der Waals surface area contributed by atoms with Gasteiger partial charge in [0.1, 0.15) is 35.2 Å². The number of ether oxygens (including phenoxy) is 2. The molecule has 0 heterocycles. The largest absolute Gasteiger partial charge is 0.506 e. The molecule has 0 atom stereocenters. The Morgan fingerprint density at radius 3 is 2.36 bits per heavy atom. The molecule has 0 spiro atoms. The van der Waals surface area contributed by atoms with E-state index < -0.39 is 0 Å². The Hall–Kier alpha value is -3.34. The van der Waals surface area contributed by atoms with E-state index in [2.05, 4.69) is 10.2 Å². The van der Waals surface area contributed by atoms with Crippen molar-refractivity contribution in [3.63, 3.8) is 0 Å². The second kappa shape index (κ2) is 7.97. The molecule has 5 nitrogen and oxygen atoms in total. The van der Waals surface area contributed by atoms with Gasteiger partial charge in [-0.2, -0.15) is 0 Å². The average molecular weight is 334 g/mol. The van der Waals surface area contributed by atoms with Crippen LogP contribution < -0.4 is 9.47 Å². The van der Waals surface area contributed by atoms with Crippen LogP contribution in [0.25, 0.3) is 0 Å². The third-order valence-corrected chi connectivity index (χ3v) is 3.55. The molecule has 0 fully saturated rings. The molecule has 3 aromatic carbocycles. The first-order valence-corrected chi connectivity index (χ1v) is 7.81. The summed E-state index contributed by atoms with van der Waals surface area (Å²) < 4.78 is 11.0. The summed E-state index contributed by atoms with van der Waals surface area (Å²) in [5, 5.41) is 18.3. The van der Waals surface area contributed by atoms with Gasteiger partial charge in [-0.25, -0.2) is 0 Å². The van der Waals surface area contributed by atoms with Gasteiger partial charge in [0.2, 0.25) is 0 Å². The molecule has 0 bridgehead atoms. The van der Waals surface area contributed by atoms with Gasteiger partial charge in [0.25, 0.3) is 0 Å². The van der Waals surface area contributed by atoms with Gasteiger partial charge < -0.3 is 14.6 Å². The molecule has 0 aliphatic carbocycles. The maximum Gasteiger partial charge on any atom is 0.146 e. The Bertz CT molecular complexity index is 864. The molecule has 0 aromatic heterocycles. The van der Waals surface area contributed by atoms with Crippen molar-refractivity contribution < 1.29 is 14.6 Å². The van der Waals surface area contributed by atoms with Crippen LogP contribution >= 0.6 is 0 Å². The molecule has 0 aliphatic rings. The van der Waals surface area contributed by atoms with Gasteiger partial charge in [-0.1, -0.05) is 42.5 Å². The molecule has 3 rings (SSSR count). The zero-order valence-corrected chi connectivity index (χ0v) is 13.8. The van der Waals surface area contributed by atoms with Crippen LogP contribution in [0.4, 0.5) is 11.4 Å². The predicted molar refractivity (Wildman–Crippen MR) is 96.1 cm³/mol. The number of azo groups is 1. The third-order valence-electron chi connectivity index (χ3n) is 3.55. The maximum atomic E-state index is 9.98. The second-order valence-corrected chi connectivity index (χ2v) is 5.30. The molecule has 0 amide bonds. The molecule has 5 heteroatoms. The Morgan fingerprint density at radius 2 is 1.56 bits per heavy atom. The number of hydrogen-bond acceptors (Lipinski definition) is 5. The van der Waals surface area contributed by atoms with Crippen molar-refractivity contribution in [1.82, 2.24) is 0 Å². The molecular weight excluding hydrogens is 316 g/mol. The van der Waals surface area contributed by atoms with Crippen LogP contribution in [0.15, 0.2) is 83.0 Å². The molecule has 126 valence electrons. The van der Waals surface area contributed by atoms with E-state index in [0.29, 0.717) is 29.5 Å². The summed E-state index contributed by atoms with van der Waals surface area (Å²) in [4.78, 5) is 0. The van der Waals surface area contributed by atoms with Crippen molar-refractivity contribution in [1.29, 1.82) is 0 Å². The average Bonchev–Trinajstić information content (AvgIpc) is 2.67. The van der Waals surface area contributed by atoms with Crippen LogP contribution in [-0.4, -0.2) is 12.2 Å². The number of methoxy groups -OCH3 is 1. The van der Waals surface area contributed by atoms with Gasteiger partial charge in [0.15, 0.2) is 0 Å². The monoisotopic (exact) mass is 334 g/mol. The van der Waals surface area contributed by atoms with Crippen LogP contribution in [0.1, 0.15) is 5.56 Å². The molecule has 0 unspecified atom stereocenters. The van der Waals surface area contributed by atoms with Gasteiger partial charge in [-0.15, -0.1) is 10.2 Å². The molecule has 0 saturated heterocycles. The highest BCUT2D eigenvalue weighted by Gasteiger charge is 2.05. The number of hydrogen-bond donors (Lipinski definition) is 1. The van der Waals surface area contributed by atoms with E-state index in [-0.39, 0.29) is 5.75 Å². The Labute approximate surface area is 146 Å². The first kappa shape index (κ1) is 16.5. The number of nitrogens with zero attached hydrogens (tertiary/aromatic N) is 2. The van der Waals surface area contributed by atoms with E-state index in [4.69, 9.17) is 9.47 Å². The van der Waals surface area contributed by atoms with Crippen molar-refractivity contribution in [2.24, 2.45) is 10.2 Å². The second-order valence-electron chi connectivity index (χ2n) is 5.30. The van der Waals surface area contributed by atoms with Crippen molar-refractivity contribution >= 4 is 11.4 Å². The third kappa shape index (κ3) is 4.35. The summed E-state index contributed by atoms with van der Waals surface area (Å²) in [6, 6.07) is 22.0. The minimum atomic E-state index is 0.0331. The summed E-state index contributed by atoms with van der Waals surface area (Å²) in [5.74, 6) is 1.25. The Balaban J connectivity index is 1.76. The highest BCUT2D eigenvalue weighted by Crippen LogP contribution is 2.34. The first-order valence-electron chi connectivity index (χ1n) is 7.81. The van der Waals surface area contributed by atoms with Crippen LogP contribution in [0.5, 0.6) is 17.2 Å². The normalized spacial score (nSPS) is 10.8. The molecule has 3 aromatic rings. The lowest BCUT2D eigenvalue weighted by Crippen LogP contribution is -1.94. The fourth-order valence-corrected chi connectivity index (χ4v) is 2.23. The lowest BCUT2D eigenvalue weighted by molar-refractivity contribution is 0.306. The molecule has 0 saturated carbocycles. The van der Waals surface area contributed by atoms with Crippen molar-refractivity contribution in [2.75, 3.05) is 7.11 Å². The molecule has 0 aliphatic heterocycles. The maximum absolute atomic E-state index is 9.98. The van der Waals surface area contributed by atoms with E-state index in [0.717, 1.165) is 5.56 Å². The van der Waals surface area contributed by atoms with E-state index in [1.165, 1.54) is 6.07 Å². The lowest BCUT2D eigenvalue weighted by atomic mass is 10.2. The number of phenols is 1. The van der Waals surface area contributed by atoms with E-state index in [1.807, 2.05) is 42.5 Å². The summed E-state index contributed by atoms with van der Waals surface area (Å²) in [6.07, 6.45) is 0. The van der Waals surface area contributed by atoms with Gasteiger partial charge in [0.05, 0.1) is 7.11 Å². The Kier molecular flexibility index (Phi) is 5.26. The topological polar surface area (TPSA) is 63.4 Å². The highest BCUT2D eigenvalue weighted by atomic mass is 16.5. The molecule has 0 radical (unpaired) electrons. The highest BCUT2D eigenvalue weighted by molar-refractivity contribution is 5.56. The van der Waals surface area contributed by atoms with Gasteiger partial charge >= 0.3 is 0 Å². The van der Waals surface area contributed by atoms with Gasteiger partial charge in [-0.3, -0.25) is 0 Å². The zero-order chi connectivity index (χ0) is 17.5. The van der Waals surface area contributed by atoms with Crippen LogP contribution in [0.3, 0.4) is 0 Å². The van der Waals surface area contributed by atoms with E-state index in [1.54, 1.807) is 31.4 Å². The smallest absolute Gasteiger partial charge is 0.146 e.